The van der Waals surface area contributed by atoms with E-state index in [1.54, 1.807) is 55.5 Å². The molecule has 0 bridgehead atoms. The Hall–Kier alpha value is -3.85. The summed E-state index contributed by atoms with van der Waals surface area (Å²) < 4.78 is 38.6. The number of sulfonamides is 1. The number of hydrogen-bond donors (Lipinski definition) is 1. The number of rotatable bonds is 6. The van der Waals surface area contributed by atoms with Crippen LogP contribution in [0.1, 0.15) is 27.9 Å². The summed E-state index contributed by atoms with van der Waals surface area (Å²) in [6.07, 6.45) is 0.914. The summed E-state index contributed by atoms with van der Waals surface area (Å²) in [5.74, 6) is 0.000827. The maximum absolute atomic E-state index is 13.3. The monoisotopic (exact) mass is 480 g/mol. The van der Waals surface area contributed by atoms with E-state index in [2.05, 4.69) is 5.32 Å². The standard InChI is InChI=1S/C25H24N2O6S/c1-16-8-11-19(34(30,31)27(2)22-6-4-5-7-23(22)32-3)15-20(16)25(29)33-18-10-12-21-17(14-18)9-13-24(28)26-21/h4-8,10-12,14-15H,9,13H2,1-3H3,(H,26,28). The van der Waals surface area contributed by atoms with Gasteiger partial charge in [0.2, 0.25) is 5.91 Å². The van der Waals surface area contributed by atoms with Crippen molar-refractivity contribution in [2.75, 3.05) is 23.8 Å². The third-order valence-electron chi connectivity index (χ3n) is 5.69. The number of carbonyl (C=O) groups is 2. The molecule has 8 nitrogen and oxygen atoms in total. The van der Waals surface area contributed by atoms with Gasteiger partial charge in [-0.05, 0) is 66.9 Å². The van der Waals surface area contributed by atoms with E-state index in [4.69, 9.17) is 9.47 Å². The van der Waals surface area contributed by atoms with Gasteiger partial charge in [-0.3, -0.25) is 9.10 Å². The van der Waals surface area contributed by atoms with Crippen LogP contribution in [0.5, 0.6) is 11.5 Å². The predicted molar refractivity (Wildman–Crippen MR) is 128 cm³/mol. The Kier molecular flexibility index (Phi) is 6.30. The summed E-state index contributed by atoms with van der Waals surface area (Å²) in [7, 11) is -1.09. The molecule has 3 aromatic carbocycles. The summed E-state index contributed by atoms with van der Waals surface area (Å²) in [5, 5.41) is 2.78. The van der Waals surface area contributed by atoms with Gasteiger partial charge >= 0.3 is 5.97 Å². The zero-order valence-electron chi connectivity index (χ0n) is 19.0. The van der Waals surface area contributed by atoms with E-state index < -0.39 is 16.0 Å². The molecule has 1 N–H and O–H groups in total. The lowest BCUT2D eigenvalue weighted by molar-refractivity contribution is -0.116. The molecule has 0 spiro atoms. The smallest absolute Gasteiger partial charge is 0.343 e. The number of fused-ring (bicyclic) bond motifs is 1. The quantitative estimate of drug-likeness (QED) is 0.424. The fourth-order valence-corrected chi connectivity index (χ4v) is 4.98. The highest BCUT2D eigenvalue weighted by Crippen LogP contribution is 2.32. The zero-order chi connectivity index (χ0) is 24.5. The van der Waals surface area contributed by atoms with Gasteiger partial charge in [0, 0.05) is 19.2 Å². The van der Waals surface area contributed by atoms with Gasteiger partial charge in [-0.15, -0.1) is 0 Å². The molecule has 0 aliphatic carbocycles. The van der Waals surface area contributed by atoms with Crippen molar-refractivity contribution in [3.8, 4) is 11.5 Å². The maximum Gasteiger partial charge on any atom is 0.343 e. The van der Waals surface area contributed by atoms with Crippen LogP contribution in [0.4, 0.5) is 11.4 Å². The average molecular weight is 481 g/mol. The zero-order valence-corrected chi connectivity index (χ0v) is 19.8. The van der Waals surface area contributed by atoms with Gasteiger partial charge in [0.15, 0.2) is 0 Å². The van der Waals surface area contributed by atoms with Gasteiger partial charge in [0.05, 0.1) is 23.3 Å². The largest absolute Gasteiger partial charge is 0.495 e. The predicted octanol–water partition coefficient (Wildman–Crippen LogP) is 3.93. The highest BCUT2D eigenvalue weighted by atomic mass is 32.2. The first-order valence-corrected chi connectivity index (χ1v) is 12.0. The van der Waals surface area contributed by atoms with Crippen LogP contribution < -0.4 is 19.1 Å². The molecule has 1 heterocycles. The first kappa shape index (κ1) is 23.3. The van der Waals surface area contributed by atoms with Crippen molar-refractivity contribution in [2.24, 2.45) is 0 Å². The molecule has 1 aliphatic heterocycles. The topological polar surface area (TPSA) is 102 Å². The van der Waals surface area contributed by atoms with Crippen molar-refractivity contribution in [3.05, 3.63) is 77.4 Å². The Labute approximate surface area is 198 Å². The molecule has 0 radical (unpaired) electrons. The average Bonchev–Trinajstić information content (AvgIpc) is 2.83. The van der Waals surface area contributed by atoms with E-state index in [9.17, 15) is 18.0 Å². The summed E-state index contributed by atoms with van der Waals surface area (Å²) in [6, 6.07) is 16.1. The number of nitrogens with one attached hydrogen (secondary N) is 1. The summed E-state index contributed by atoms with van der Waals surface area (Å²) in [5.41, 5.74) is 2.65. The van der Waals surface area contributed by atoms with Crippen molar-refractivity contribution >= 4 is 33.3 Å². The minimum absolute atomic E-state index is 0.0494. The number of hydrogen-bond acceptors (Lipinski definition) is 6. The van der Waals surface area contributed by atoms with E-state index in [1.165, 1.54) is 26.3 Å². The molecule has 1 aliphatic rings. The minimum atomic E-state index is -3.98. The maximum atomic E-state index is 13.3. The molecule has 0 saturated heterocycles. The van der Waals surface area contributed by atoms with Gasteiger partial charge in [0.1, 0.15) is 11.5 Å². The Balaban J connectivity index is 1.62. The van der Waals surface area contributed by atoms with Crippen molar-refractivity contribution < 1.29 is 27.5 Å². The van der Waals surface area contributed by atoms with Crippen molar-refractivity contribution in [3.63, 3.8) is 0 Å². The van der Waals surface area contributed by atoms with Crippen LogP contribution in [0.25, 0.3) is 0 Å². The van der Waals surface area contributed by atoms with E-state index in [0.717, 1.165) is 9.87 Å². The van der Waals surface area contributed by atoms with Crippen LogP contribution in [-0.4, -0.2) is 34.5 Å². The van der Waals surface area contributed by atoms with Gasteiger partial charge in [-0.1, -0.05) is 18.2 Å². The lowest BCUT2D eigenvalue weighted by atomic mass is 10.0. The second-order valence-electron chi connectivity index (χ2n) is 7.88. The molecule has 3 aromatic rings. The van der Waals surface area contributed by atoms with Crippen LogP contribution in [0.15, 0.2) is 65.6 Å². The summed E-state index contributed by atoms with van der Waals surface area (Å²) >= 11 is 0. The van der Waals surface area contributed by atoms with Gasteiger partial charge in [0.25, 0.3) is 10.0 Å². The number of anilines is 2. The number of carbonyl (C=O) groups excluding carboxylic acids is 2. The molecule has 4 rings (SSSR count). The summed E-state index contributed by atoms with van der Waals surface area (Å²) in [4.78, 5) is 24.4. The van der Waals surface area contributed by atoms with Gasteiger partial charge in [-0.25, -0.2) is 13.2 Å². The number of benzene rings is 3. The van der Waals surface area contributed by atoms with E-state index in [-0.39, 0.29) is 16.4 Å². The summed E-state index contributed by atoms with van der Waals surface area (Å²) in [6.45, 7) is 1.71. The number of ether oxygens (including phenoxy) is 2. The van der Waals surface area contributed by atoms with Gasteiger partial charge in [-0.2, -0.15) is 0 Å². The van der Waals surface area contributed by atoms with Crippen LogP contribution in [-0.2, 0) is 21.2 Å². The van der Waals surface area contributed by atoms with Crippen molar-refractivity contribution in [2.45, 2.75) is 24.7 Å². The van der Waals surface area contributed by atoms with E-state index in [1.807, 2.05) is 0 Å². The Bertz CT molecular complexity index is 1380. The van der Waals surface area contributed by atoms with E-state index >= 15 is 0 Å². The molecule has 1 amide bonds. The molecule has 0 atom stereocenters. The fraction of sp³-hybridized carbons (Fsp3) is 0.200. The normalized spacial score (nSPS) is 13.0. The lowest BCUT2D eigenvalue weighted by Crippen LogP contribution is -2.27. The second-order valence-corrected chi connectivity index (χ2v) is 9.85. The van der Waals surface area contributed by atoms with Crippen LogP contribution >= 0.6 is 0 Å². The van der Waals surface area contributed by atoms with Crippen molar-refractivity contribution in [1.82, 2.24) is 0 Å². The number of aryl methyl sites for hydroxylation is 2. The molecule has 34 heavy (non-hydrogen) atoms. The third kappa shape index (κ3) is 4.47. The molecule has 0 saturated carbocycles. The highest BCUT2D eigenvalue weighted by molar-refractivity contribution is 7.92. The first-order chi connectivity index (χ1) is 16.2. The molecule has 0 unspecified atom stereocenters. The second kappa shape index (κ2) is 9.18. The Morgan fingerprint density at radius 3 is 2.56 bits per heavy atom. The molecule has 9 heteroatoms. The van der Waals surface area contributed by atoms with Crippen molar-refractivity contribution in [1.29, 1.82) is 0 Å². The lowest BCUT2D eigenvalue weighted by Gasteiger charge is -2.22. The number of amides is 1. The third-order valence-corrected chi connectivity index (χ3v) is 7.46. The highest BCUT2D eigenvalue weighted by Gasteiger charge is 2.26. The van der Waals surface area contributed by atoms with Crippen LogP contribution in [0.3, 0.4) is 0 Å². The molecule has 0 aromatic heterocycles. The number of methoxy groups -OCH3 is 1. The van der Waals surface area contributed by atoms with Crippen LogP contribution in [0, 0.1) is 6.92 Å². The SMILES string of the molecule is COc1ccccc1N(C)S(=O)(=O)c1ccc(C)c(C(=O)Oc2ccc3c(c2)CCC(=O)N3)c1. The minimum Gasteiger partial charge on any atom is -0.495 e. The Morgan fingerprint density at radius 1 is 1.03 bits per heavy atom. The number of nitrogens with zero attached hydrogens (tertiary/aromatic N) is 1. The van der Waals surface area contributed by atoms with E-state index in [0.29, 0.717) is 41.3 Å². The number of para-hydroxylation sites is 2. The molecule has 0 fully saturated rings. The fourth-order valence-electron chi connectivity index (χ4n) is 3.74. The Morgan fingerprint density at radius 2 is 1.79 bits per heavy atom. The van der Waals surface area contributed by atoms with Crippen LogP contribution in [0.2, 0.25) is 0 Å². The molecular weight excluding hydrogens is 456 g/mol. The molecular formula is C25H24N2O6S. The molecule has 176 valence electrons. The van der Waals surface area contributed by atoms with Gasteiger partial charge < -0.3 is 14.8 Å². The number of esters is 1. The first-order valence-electron chi connectivity index (χ1n) is 10.6.